The number of ether oxygens (including phenoxy) is 2. The number of likely N-dealkylation sites (tertiary alicyclic amines) is 1. The number of hydrogen-bond donors (Lipinski definition) is 0. The van der Waals surface area contributed by atoms with Crippen LogP contribution in [0.2, 0.25) is 0 Å². The van der Waals surface area contributed by atoms with Gasteiger partial charge in [0.15, 0.2) is 0 Å². The van der Waals surface area contributed by atoms with E-state index in [4.69, 9.17) is 9.47 Å². The van der Waals surface area contributed by atoms with E-state index < -0.39 is 5.41 Å². The van der Waals surface area contributed by atoms with E-state index in [9.17, 15) is 4.79 Å². The first-order chi connectivity index (χ1) is 12.2. The average molecular weight is 337 g/mol. The van der Waals surface area contributed by atoms with Crippen LogP contribution in [0.15, 0.2) is 54.6 Å². The molecular weight excluding hydrogens is 314 g/mol. The van der Waals surface area contributed by atoms with Crippen LogP contribution in [0.5, 0.6) is 11.5 Å². The first kappa shape index (κ1) is 16.0. The Balaban J connectivity index is 1.58. The maximum atomic E-state index is 13.3. The Morgan fingerprint density at radius 3 is 2.28 bits per heavy atom. The molecule has 25 heavy (non-hydrogen) atoms. The lowest BCUT2D eigenvalue weighted by Crippen LogP contribution is -2.40. The molecule has 2 fully saturated rings. The molecule has 2 atom stereocenters. The van der Waals surface area contributed by atoms with Crippen molar-refractivity contribution < 1.29 is 14.3 Å². The Morgan fingerprint density at radius 2 is 1.64 bits per heavy atom. The third kappa shape index (κ3) is 2.86. The molecule has 2 aromatic carbocycles. The third-order valence-electron chi connectivity index (χ3n) is 5.30. The van der Waals surface area contributed by atoms with Gasteiger partial charge in [-0.1, -0.05) is 30.3 Å². The van der Waals surface area contributed by atoms with Crippen LogP contribution < -0.4 is 9.47 Å². The number of methoxy groups -OCH3 is 1. The number of carbonyl (C=O) groups excluding carboxylic acids is 1. The lowest BCUT2D eigenvalue weighted by atomic mass is 9.94. The molecule has 0 N–H and O–H groups in total. The van der Waals surface area contributed by atoms with Crippen molar-refractivity contribution in [2.75, 3.05) is 20.2 Å². The molecule has 1 amide bonds. The maximum absolute atomic E-state index is 13.3. The predicted molar refractivity (Wildman–Crippen MR) is 96.0 cm³/mol. The number of rotatable bonds is 5. The largest absolute Gasteiger partial charge is 0.497 e. The van der Waals surface area contributed by atoms with Crippen molar-refractivity contribution >= 4 is 5.91 Å². The highest BCUT2D eigenvalue weighted by Crippen LogP contribution is 2.52. The van der Waals surface area contributed by atoms with E-state index in [1.165, 1.54) is 0 Å². The van der Waals surface area contributed by atoms with E-state index in [0.717, 1.165) is 49.4 Å². The number of carbonyl (C=O) groups is 1. The molecule has 4 heteroatoms. The second-order valence-corrected chi connectivity index (χ2v) is 6.82. The Bertz CT molecular complexity index is 737. The zero-order valence-electron chi connectivity index (χ0n) is 14.5. The van der Waals surface area contributed by atoms with Crippen LogP contribution in [0, 0.1) is 0 Å². The quantitative estimate of drug-likeness (QED) is 0.839. The van der Waals surface area contributed by atoms with Gasteiger partial charge in [0, 0.05) is 19.5 Å². The fourth-order valence-corrected chi connectivity index (χ4v) is 3.78. The topological polar surface area (TPSA) is 38.8 Å². The van der Waals surface area contributed by atoms with Gasteiger partial charge in [0.05, 0.1) is 7.11 Å². The summed E-state index contributed by atoms with van der Waals surface area (Å²) in [5, 5.41) is 0. The van der Waals surface area contributed by atoms with Crippen LogP contribution in [-0.2, 0) is 10.2 Å². The van der Waals surface area contributed by atoms with Crippen LogP contribution in [0.25, 0.3) is 0 Å². The van der Waals surface area contributed by atoms with Crippen molar-refractivity contribution in [2.45, 2.75) is 30.8 Å². The van der Waals surface area contributed by atoms with Gasteiger partial charge < -0.3 is 14.4 Å². The molecule has 1 saturated carbocycles. The maximum Gasteiger partial charge on any atom is 0.237 e. The third-order valence-corrected chi connectivity index (χ3v) is 5.30. The molecule has 2 aliphatic rings. The van der Waals surface area contributed by atoms with Gasteiger partial charge in [-0.3, -0.25) is 4.79 Å². The highest BCUT2D eigenvalue weighted by atomic mass is 16.5. The van der Waals surface area contributed by atoms with E-state index in [1.807, 2.05) is 59.5 Å². The molecule has 0 spiro atoms. The Hall–Kier alpha value is -2.49. The fraction of sp³-hybridized carbons (Fsp3) is 0.381. The van der Waals surface area contributed by atoms with E-state index in [2.05, 4.69) is 0 Å². The SMILES string of the molecule is COc1ccc(O[C@@H]2C[C@@]2(C(=O)N2CCCC2)c2ccccc2)cc1. The number of hydrogen-bond acceptors (Lipinski definition) is 3. The fourth-order valence-electron chi connectivity index (χ4n) is 3.78. The molecule has 2 aromatic rings. The number of benzene rings is 2. The standard InChI is InChI=1S/C21H23NO3/c1-24-17-9-11-18(12-10-17)25-19-15-21(19,16-7-3-2-4-8-16)20(23)22-13-5-6-14-22/h2-4,7-12,19H,5-6,13-15H2,1H3/t19-,21-/m1/s1. The summed E-state index contributed by atoms with van der Waals surface area (Å²) in [7, 11) is 1.64. The highest BCUT2D eigenvalue weighted by Gasteiger charge is 2.64. The molecule has 1 heterocycles. The van der Waals surface area contributed by atoms with Gasteiger partial charge in [-0.25, -0.2) is 0 Å². The summed E-state index contributed by atoms with van der Waals surface area (Å²) >= 11 is 0. The second-order valence-electron chi connectivity index (χ2n) is 6.82. The van der Waals surface area contributed by atoms with Crippen LogP contribution >= 0.6 is 0 Å². The minimum absolute atomic E-state index is 0.114. The number of amides is 1. The van der Waals surface area contributed by atoms with E-state index in [-0.39, 0.29) is 12.0 Å². The lowest BCUT2D eigenvalue weighted by molar-refractivity contribution is -0.133. The Kier molecular flexibility index (Phi) is 4.12. The minimum atomic E-state index is -0.536. The normalized spacial score (nSPS) is 24.8. The van der Waals surface area contributed by atoms with Gasteiger partial charge in [-0.15, -0.1) is 0 Å². The summed E-state index contributed by atoms with van der Waals surface area (Å²) in [4.78, 5) is 15.3. The molecule has 4 rings (SSSR count). The smallest absolute Gasteiger partial charge is 0.237 e. The lowest BCUT2D eigenvalue weighted by Gasteiger charge is -2.24. The van der Waals surface area contributed by atoms with Gasteiger partial charge >= 0.3 is 0 Å². The van der Waals surface area contributed by atoms with Gasteiger partial charge in [0.1, 0.15) is 23.0 Å². The van der Waals surface area contributed by atoms with E-state index >= 15 is 0 Å². The van der Waals surface area contributed by atoms with Gasteiger partial charge in [0.2, 0.25) is 5.91 Å². The first-order valence-electron chi connectivity index (χ1n) is 8.89. The van der Waals surface area contributed by atoms with Crippen LogP contribution in [0.3, 0.4) is 0 Å². The Morgan fingerprint density at radius 1 is 1.00 bits per heavy atom. The molecular formula is C21H23NO3. The first-order valence-corrected chi connectivity index (χ1v) is 8.89. The summed E-state index contributed by atoms with van der Waals surface area (Å²) in [6.45, 7) is 1.73. The zero-order valence-corrected chi connectivity index (χ0v) is 14.5. The molecule has 0 radical (unpaired) electrons. The van der Waals surface area contributed by atoms with Crippen molar-refractivity contribution in [3.05, 3.63) is 60.2 Å². The molecule has 130 valence electrons. The molecule has 0 bridgehead atoms. The van der Waals surface area contributed by atoms with E-state index in [1.54, 1.807) is 7.11 Å². The van der Waals surface area contributed by atoms with Crippen molar-refractivity contribution in [3.63, 3.8) is 0 Å². The monoisotopic (exact) mass is 337 g/mol. The van der Waals surface area contributed by atoms with Crippen LogP contribution in [-0.4, -0.2) is 37.1 Å². The summed E-state index contributed by atoms with van der Waals surface area (Å²) in [5.41, 5.74) is 0.524. The van der Waals surface area contributed by atoms with Crippen molar-refractivity contribution in [1.82, 2.24) is 4.90 Å². The van der Waals surface area contributed by atoms with Crippen LogP contribution in [0.1, 0.15) is 24.8 Å². The molecule has 1 aliphatic carbocycles. The molecule has 0 unspecified atom stereocenters. The average Bonchev–Trinajstić information content (AvgIpc) is 3.12. The van der Waals surface area contributed by atoms with Crippen molar-refractivity contribution in [1.29, 1.82) is 0 Å². The highest BCUT2D eigenvalue weighted by molar-refractivity contribution is 5.93. The summed E-state index contributed by atoms with van der Waals surface area (Å²) in [5.74, 6) is 1.79. The minimum Gasteiger partial charge on any atom is -0.497 e. The molecule has 1 aliphatic heterocycles. The predicted octanol–water partition coefficient (Wildman–Crippen LogP) is 3.41. The molecule has 0 aromatic heterocycles. The summed E-state index contributed by atoms with van der Waals surface area (Å²) in [6, 6.07) is 17.6. The number of nitrogens with zero attached hydrogens (tertiary/aromatic N) is 1. The summed E-state index contributed by atoms with van der Waals surface area (Å²) < 4.78 is 11.4. The van der Waals surface area contributed by atoms with Crippen LogP contribution in [0.4, 0.5) is 0 Å². The van der Waals surface area contributed by atoms with E-state index in [0.29, 0.717) is 0 Å². The molecule has 1 saturated heterocycles. The summed E-state index contributed by atoms with van der Waals surface area (Å²) in [6.07, 6.45) is 2.82. The van der Waals surface area contributed by atoms with Gasteiger partial charge in [0.25, 0.3) is 0 Å². The van der Waals surface area contributed by atoms with Gasteiger partial charge in [-0.05, 0) is 42.7 Å². The van der Waals surface area contributed by atoms with Crippen molar-refractivity contribution in [2.24, 2.45) is 0 Å². The second kappa shape index (κ2) is 6.43. The zero-order chi connectivity index (χ0) is 17.3. The Labute approximate surface area is 148 Å². The molecule has 4 nitrogen and oxygen atoms in total. The van der Waals surface area contributed by atoms with Gasteiger partial charge in [-0.2, -0.15) is 0 Å². The van der Waals surface area contributed by atoms with Crippen molar-refractivity contribution in [3.8, 4) is 11.5 Å².